The normalized spacial score (nSPS) is 17.8. The van der Waals surface area contributed by atoms with Crippen molar-refractivity contribution in [3.8, 4) is 5.75 Å². The smallest absolute Gasteiger partial charge is 0.254 e. The number of anilines is 1. The summed E-state index contributed by atoms with van der Waals surface area (Å²) in [4.78, 5) is 22.9. The molecule has 2 aromatic heterocycles. The lowest BCUT2D eigenvalue weighted by atomic mass is 10.1. The van der Waals surface area contributed by atoms with Crippen molar-refractivity contribution >= 4 is 11.9 Å². The molecule has 122 valence electrons. The second-order valence-electron chi connectivity index (χ2n) is 5.58. The lowest BCUT2D eigenvalue weighted by Gasteiger charge is -2.33. The molecule has 1 aliphatic rings. The van der Waals surface area contributed by atoms with Gasteiger partial charge in [0.15, 0.2) is 5.75 Å². The molecule has 1 saturated heterocycles. The van der Waals surface area contributed by atoms with Gasteiger partial charge in [-0.1, -0.05) is 0 Å². The van der Waals surface area contributed by atoms with Crippen LogP contribution in [0.25, 0.3) is 0 Å². The lowest BCUT2D eigenvalue weighted by molar-refractivity contribution is 0.0933. The highest BCUT2D eigenvalue weighted by molar-refractivity contribution is 5.93. The van der Waals surface area contributed by atoms with Crippen LogP contribution in [0, 0.1) is 0 Å². The summed E-state index contributed by atoms with van der Waals surface area (Å²) in [6.45, 7) is 1.57. The molecule has 0 aliphatic carbocycles. The largest absolute Gasteiger partial charge is 0.494 e. The number of carbonyl (C=O) groups is 1. The Bertz CT molecular complexity index is 669. The minimum atomic E-state index is -0.0967. The highest BCUT2D eigenvalue weighted by Crippen LogP contribution is 2.17. The molecule has 1 unspecified atom stereocenters. The molecule has 0 aromatic carbocycles. The Labute approximate surface area is 134 Å². The fourth-order valence-corrected chi connectivity index (χ4v) is 2.66. The maximum atomic E-state index is 12.2. The van der Waals surface area contributed by atoms with Crippen LogP contribution in [0.4, 0.5) is 5.95 Å². The molecule has 3 rings (SSSR count). The van der Waals surface area contributed by atoms with Crippen LogP contribution in [-0.4, -0.2) is 51.9 Å². The van der Waals surface area contributed by atoms with Crippen LogP contribution in [0.15, 0.2) is 24.8 Å². The monoisotopic (exact) mass is 316 g/mol. The summed E-state index contributed by atoms with van der Waals surface area (Å²) in [6.07, 6.45) is 8.51. The van der Waals surface area contributed by atoms with E-state index in [1.54, 1.807) is 43.6 Å². The first-order valence-corrected chi connectivity index (χ1v) is 7.56. The van der Waals surface area contributed by atoms with Crippen LogP contribution in [-0.2, 0) is 7.05 Å². The maximum absolute atomic E-state index is 12.2. The molecule has 8 heteroatoms. The quantitative estimate of drug-likeness (QED) is 0.890. The number of nitrogens with zero attached hydrogens (tertiary/aromatic N) is 5. The molecule has 3 heterocycles. The number of hydrogen-bond donors (Lipinski definition) is 1. The van der Waals surface area contributed by atoms with E-state index in [4.69, 9.17) is 4.74 Å². The average Bonchev–Trinajstić information content (AvgIpc) is 3.02. The summed E-state index contributed by atoms with van der Waals surface area (Å²) in [5.41, 5.74) is 0.574. The Morgan fingerprint density at radius 1 is 1.35 bits per heavy atom. The summed E-state index contributed by atoms with van der Waals surface area (Å²) in [7, 11) is 3.38. The molecule has 1 amide bonds. The standard InChI is InChI=1S/C15H20N6O2/c1-20-9-11(6-18-20)14(22)19-12-4-3-5-21(10-12)15-16-7-13(23-2)8-17-15/h6-9,12H,3-5,10H2,1-2H3,(H,19,22). The molecule has 1 atom stereocenters. The van der Waals surface area contributed by atoms with Crippen molar-refractivity contribution in [2.75, 3.05) is 25.1 Å². The predicted molar refractivity (Wildman–Crippen MR) is 84.5 cm³/mol. The van der Waals surface area contributed by atoms with Crippen LogP contribution >= 0.6 is 0 Å². The molecule has 1 N–H and O–H groups in total. The van der Waals surface area contributed by atoms with Crippen molar-refractivity contribution in [2.45, 2.75) is 18.9 Å². The van der Waals surface area contributed by atoms with Crippen LogP contribution < -0.4 is 15.0 Å². The van der Waals surface area contributed by atoms with Gasteiger partial charge in [0.1, 0.15) is 0 Å². The average molecular weight is 316 g/mol. The maximum Gasteiger partial charge on any atom is 0.254 e. The van der Waals surface area contributed by atoms with Gasteiger partial charge in [0, 0.05) is 32.4 Å². The van der Waals surface area contributed by atoms with E-state index < -0.39 is 0 Å². The molecular weight excluding hydrogens is 296 g/mol. The number of ether oxygens (including phenoxy) is 1. The summed E-state index contributed by atoms with van der Waals surface area (Å²) < 4.78 is 6.69. The Morgan fingerprint density at radius 3 is 2.78 bits per heavy atom. The van der Waals surface area contributed by atoms with Crippen molar-refractivity contribution in [3.05, 3.63) is 30.4 Å². The Balaban J connectivity index is 1.62. The minimum Gasteiger partial charge on any atom is -0.494 e. The fraction of sp³-hybridized carbons (Fsp3) is 0.467. The number of aromatic nitrogens is 4. The second-order valence-corrected chi connectivity index (χ2v) is 5.58. The van der Waals surface area contributed by atoms with Gasteiger partial charge in [-0.3, -0.25) is 9.48 Å². The number of hydrogen-bond acceptors (Lipinski definition) is 6. The number of nitrogens with one attached hydrogen (secondary N) is 1. The van der Waals surface area contributed by atoms with Crippen molar-refractivity contribution in [2.24, 2.45) is 7.05 Å². The molecule has 1 aliphatic heterocycles. The number of aryl methyl sites for hydroxylation is 1. The van der Waals surface area contributed by atoms with Crippen LogP contribution in [0.3, 0.4) is 0 Å². The number of rotatable bonds is 4. The molecule has 1 fully saturated rings. The number of amides is 1. The van der Waals surface area contributed by atoms with E-state index >= 15 is 0 Å². The minimum absolute atomic E-state index is 0.0714. The first kappa shape index (κ1) is 15.3. The van der Waals surface area contributed by atoms with E-state index in [0.717, 1.165) is 19.4 Å². The Kier molecular flexibility index (Phi) is 4.40. The Morgan fingerprint density at radius 2 is 2.13 bits per heavy atom. The number of methoxy groups -OCH3 is 1. The summed E-state index contributed by atoms with van der Waals surface area (Å²) >= 11 is 0. The second kappa shape index (κ2) is 6.64. The van der Waals surface area contributed by atoms with Crippen molar-refractivity contribution in [1.29, 1.82) is 0 Å². The zero-order chi connectivity index (χ0) is 16.2. The fourth-order valence-electron chi connectivity index (χ4n) is 2.66. The van der Waals surface area contributed by atoms with E-state index in [9.17, 15) is 4.79 Å². The van der Waals surface area contributed by atoms with Crippen LogP contribution in [0.2, 0.25) is 0 Å². The topological polar surface area (TPSA) is 85.2 Å². The van der Waals surface area contributed by atoms with Crippen LogP contribution in [0.5, 0.6) is 5.75 Å². The van der Waals surface area contributed by atoms with Gasteiger partial charge >= 0.3 is 0 Å². The highest BCUT2D eigenvalue weighted by Gasteiger charge is 2.23. The third-order valence-electron chi connectivity index (χ3n) is 3.86. The third-order valence-corrected chi connectivity index (χ3v) is 3.86. The van der Waals surface area contributed by atoms with E-state index in [2.05, 4.69) is 25.3 Å². The van der Waals surface area contributed by atoms with Gasteiger partial charge in [-0.05, 0) is 12.8 Å². The van der Waals surface area contributed by atoms with Crippen LogP contribution in [0.1, 0.15) is 23.2 Å². The molecular formula is C15H20N6O2. The van der Waals surface area contributed by atoms with Crippen molar-refractivity contribution < 1.29 is 9.53 Å². The van der Waals surface area contributed by atoms with E-state index in [0.29, 0.717) is 23.8 Å². The van der Waals surface area contributed by atoms with Gasteiger partial charge in [-0.2, -0.15) is 5.10 Å². The van der Waals surface area contributed by atoms with E-state index in [1.165, 1.54) is 0 Å². The van der Waals surface area contributed by atoms with Gasteiger partial charge in [-0.25, -0.2) is 9.97 Å². The van der Waals surface area contributed by atoms with E-state index in [1.807, 2.05) is 0 Å². The molecule has 0 saturated carbocycles. The van der Waals surface area contributed by atoms with Gasteiger partial charge in [0.05, 0.1) is 31.3 Å². The summed E-state index contributed by atoms with van der Waals surface area (Å²) in [5.74, 6) is 1.19. The van der Waals surface area contributed by atoms with Crippen molar-refractivity contribution in [1.82, 2.24) is 25.1 Å². The first-order valence-electron chi connectivity index (χ1n) is 7.56. The van der Waals surface area contributed by atoms with Crippen molar-refractivity contribution in [3.63, 3.8) is 0 Å². The van der Waals surface area contributed by atoms with Gasteiger partial charge < -0.3 is 15.0 Å². The molecule has 0 spiro atoms. The van der Waals surface area contributed by atoms with E-state index in [-0.39, 0.29) is 11.9 Å². The number of piperidine rings is 1. The summed E-state index contributed by atoms with van der Waals surface area (Å²) in [5, 5.41) is 7.08. The summed E-state index contributed by atoms with van der Waals surface area (Å²) in [6, 6.07) is 0.0714. The van der Waals surface area contributed by atoms with Gasteiger partial charge in [0.2, 0.25) is 5.95 Å². The molecule has 23 heavy (non-hydrogen) atoms. The molecule has 0 radical (unpaired) electrons. The predicted octanol–water partition coefficient (Wildman–Crippen LogP) is 0.617. The lowest BCUT2D eigenvalue weighted by Crippen LogP contribution is -2.48. The molecule has 2 aromatic rings. The first-order chi connectivity index (χ1) is 11.2. The van der Waals surface area contributed by atoms with Gasteiger partial charge in [-0.15, -0.1) is 0 Å². The SMILES string of the molecule is COc1cnc(N2CCCC(NC(=O)c3cnn(C)c3)C2)nc1. The van der Waals surface area contributed by atoms with Gasteiger partial charge in [0.25, 0.3) is 5.91 Å². The zero-order valence-corrected chi connectivity index (χ0v) is 13.3. The molecule has 8 nitrogen and oxygen atoms in total. The number of carbonyl (C=O) groups excluding carboxylic acids is 1. The Hall–Kier alpha value is -2.64. The highest BCUT2D eigenvalue weighted by atomic mass is 16.5. The zero-order valence-electron chi connectivity index (χ0n) is 13.3. The third kappa shape index (κ3) is 3.58. The molecule has 0 bridgehead atoms.